The Labute approximate surface area is 176 Å². The van der Waals surface area contributed by atoms with Crippen molar-refractivity contribution in [2.45, 2.75) is 12.8 Å². The van der Waals surface area contributed by atoms with Gasteiger partial charge in [-0.25, -0.2) is 0 Å². The Hall–Kier alpha value is -2.78. The molecule has 0 atom stereocenters. The predicted octanol–water partition coefficient (Wildman–Crippen LogP) is 3.57. The van der Waals surface area contributed by atoms with Gasteiger partial charge in [-0.3, -0.25) is 14.4 Å². The topological polar surface area (TPSA) is 100 Å². The lowest BCUT2D eigenvalue weighted by molar-refractivity contribution is -0.147. The molecule has 2 aromatic rings. The van der Waals surface area contributed by atoms with Crippen LogP contribution < -0.4 is 19.5 Å². The summed E-state index contributed by atoms with van der Waals surface area (Å²) in [6.45, 7) is -0.492. The van der Waals surface area contributed by atoms with Gasteiger partial charge >= 0.3 is 5.97 Å². The highest BCUT2D eigenvalue weighted by molar-refractivity contribution is 7.18. The first-order valence-electron chi connectivity index (χ1n) is 8.42. The molecule has 1 aromatic carbocycles. The first-order chi connectivity index (χ1) is 13.9. The van der Waals surface area contributed by atoms with Crippen LogP contribution in [0.2, 0.25) is 4.34 Å². The van der Waals surface area contributed by atoms with Crippen LogP contribution in [0.25, 0.3) is 0 Å². The summed E-state index contributed by atoms with van der Waals surface area (Å²) in [5.74, 6) is -0.292. The molecule has 0 aliphatic heterocycles. The molecule has 0 aliphatic carbocycles. The zero-order chi connectivity index (χ0) is 21.4. The molecule has 156 valence electrons. The van der Waals surface area contributed by atoms with E-state index in [-0.39, 0.29) is 18.6 Å². The summed E-state index contributed by atoms with van der Waals surface area (Å²) >= 11 is 6.93. The maximum absolute atomic E-state index is 12.1. The van der Waals surface area contributed by atoms with Crippen molar-refractivity contribution in [2.24, 2.45) is 0 Å². The van der Waals surface area contributed by atoms with Crippen LogP contribution in [0, 0.1) is 0 Å². The fourth-order valence-electron chi connectivity index (χ4n) is 2.37. The monoisotopic (exact) mass is 441 g/mol. The van der Waals surface area contributed by atoms with E-state index in [4.69, 9.17) is 30.5 Å². The molecule has 0 aliphatic rings. The lowest BCUT2D eigenvalue weighted by atomic mass is 10.2. The van der Waals surface area contributed by atoms with E-state index in [0.29, 0.717) is 32.1 Å². The van der Waals surface area contributed by atoms with E-state index in [0.717, 1.165) is 11.3 Å². The first-order valence-corrected chi connectivity index (χ1v) is 9.61. The second kappa shape index (κ2) is 10.7. The van der Waals surface area contributed by atoms with E-state index in [1.807, 2.05) is 0 Å². The van der Waals surface area contributed by atoms with E-state index < -0.39 is 18.5 Å². The van der Waals surface area contributed by atoms with Crippen molar-refractivity contribution in [2.75, 3.05) is 33.3 Å². The van der Waals surface area contributed by atoms with Crippen molar-refractivity contribution >= 4 is 46.3 Å². The van der Waals surface area contributed by atoms with E-state index in [2.05, 4.69) is 5.32 Å². The molecule has 0 fully saturated rings. The predicted molar refractivity (Wildman–Crippen MR) is 109 cm³/mol. The molecule has 1 N–H and O–H groups in total. The second-order valence-electron chi connectivity index (χ2n) is 5.65. The fraction of sp³-hybridized carbons (Fsp3) is 0.316. The minimum atomic E-state index is -0.652. The van der Waals surface area contributed by atoms with E-state index >= 15 is 0 Å². The standard InChI is InChI=1S/C19H20ClNO7S/c1-25-13-8-11(9-14(26-2)19(13)27-3)21-17(23)10-28-18(24)7-4-12(22)15-5-6-16(20)29-15/h5-6,8-9H,4,7,10H2,1-3H3,(H,21,23). The number of amides is 1. The highest BCUT2D eigenvalue weighted by atomic mass is 35.5. The molecule has 0 radical (unpaired) electrons. The molecule has 2 rings (SSSR count). The molecule has 0 bridgehead atoms. The number of carbonyl (C=O) groups is 3. The number of ketones is 1. The zero-order valence-corrected chi connectivity index (χ0v) is 17.6. The highest BCUT2D eigenvalue weighted by Gasteiger charge is 2.16. The third kappa shape index (κ3) is 6.37. The van der Waals surface area contributed by atoms with Gasteiger partial charge in [0.05, 0.1) is 37.0 Å². The molecule has 10 heteroatoms. The summed E-state index contributed by atoms with van der Waals surface area (Å²) in [6.07, 6.45) is -0.157. The summed E-state index contributed by atoms with van der Waals surface area (Å²) in [5, 5.41) is 2.58. The van der Waals surface area contributed by atoms with Gasteiger partial charge < -0.3 is 24.3 Å². The van der Waals surface area contributed by atoms with Crippen LogP contribution in [-0.4, -0.2) is 45.6 Å². The maximum Gasteiger partial charge on any atom is 0.306 e. The van der Waals surface area contributed by atoms with Crippen molar-refractivity contribution < 1.29 is 33.3 Å². The van der Waals surface area contributed by atoms with Crippen molar-refractivity contribution in [3.63, 3.8) is 0 Å². The van der Waals surface area contributed by atoms with Crippen molar-refractivity contribution in [3.8, 4) is 17.2 Å². The SMILES string of the molecule is COc1cc(NC(=O)COC(=O)CCC(=O)c2ccc(Cl)s2)cc(OC)c1OC. The highest BCUT2D eigenvalue weighted by Crippen LogP contribution is 2.39. The Bertz CT molecular complexity index is 871. The maximum atomic E-state index is 12.1. The number of halogens is 1. The van der Waals surface area contributed by atoms with Gasteiger partial charge in [-0.05, 0) is 12.1 Å². The summed E-state index contributed by atoms with van der Waals surface area (Å²) in [7, 11) is 4.38. The van der Waals surface area contributed by atoms with Crippen LogP contribution in [-0.2, 0) is 14.3 Å². The van der Waals surface area contributed by atoms with Crippen molar-refractivity contribution in [1.29, 1.82) is 0 Å². The summed E-state index contributed by atoms with van der Waals surface area (Å²) in [4.78, 5) is 36.3. The third-order valence-electron chi connectivity index (χ3n) is 3.72. The molecule has 1 amide bonds. The van der Waals surface area contributed by atoms with Crippen LogP contribution in [0.15, 0.2) is 24.3 Å². The number of ether oxygens (including phenoxy) is 4. The first kappa shape index (κ1) is 22.5. The van der Waals surface area contributed by atoms with Gasteiger partial charge in [-0.15, -0.1) is 11.3 Å². The van der Waals surface area contributed by atoms with E-state index in [1.54, 1.807) is 24.3 Å². The number of Topliss-reactive ketones (excluding diaryl/α,β-unsaturated/α-hetero) is 1. The number of methoxy groups -OCH3 is 3. The summed E-state index contributed by atoms with van der Waals surface area (Å²) < 4.78 is 21.0. The minimum absolute atomic E-state index is 0.0236. The Morgan fingerprint density at radius 1 is 1.00 bits per heavy atom. The largest absolute Gasteiger partial charge is 0.493 e. The lowest BCUT2D eigenvalue weighted by Crippen LogP contribution is -2.21. The van der Waals surface area contributed by atoms with Crippen LogP contribution in [0.3, 0.4) is 0 Å². The number of hydrogen-bond acceptors (Lipinski definition) is 8. The average Bonchev–Trinajstić information content (AvgIpc) is 3.15. The average molecular weight is 442 g/mol. The van der Waals surface area contributed by atoms with Crippen LogP contribution in [0.1, 0.15) is 22.5 Å². The Morgan fingerprint density at radius 3 is 2.17 bits per heavy atom. The molecule has 8 nitrogen and oxygen atoms in total. The zero-order valence-electron chi connectivity index (χ0n) is 16.1. The van der Waals surface area contributed by atoms with Crippen LogP contribution in [0.4, 0.5) is 5.69 Å². The van der Waals surface area contributed by atoms with Gasteiger partial charge in [0.1, 0.15) is 0 Å². The minimum Gasteiger partial charge on any atom is -0.493 e. The van der Waals surface area contributed by atoms with Crippen LogP contribution >= 0.6 is 22.9 Å². The molecule has 0 spiro atoms. The molecule has 1 aromatic heterocycles. The van der Waals surface area contributed by atoms with Gasteiger partial charge in [0.25, 0.3) is 5.91 Å². The van der Waals surface area contributed by atoms with E-state index in [9.17, 15) is 14.4 Å². The molecule has 29 heavy (non-hydrogen) atoms. The number of esters is 1. The molecular formula is C19H20ClNO7S. The number of thiophene rings is 1. The molecule has 1 heterocycles. The van der Waals surface area contributed by atoms with Gasteiger partial charge in [-0.1, -0.05) is 11.6 Å². The van der Waals surface area contributed by atoms with Gasteiger partial charge in [0.2, 0.25) is 5.75 Å². The quantitative estimate of drug-likeness (QED) is 0.444. The Morgan fingerprint density at radius 2 is 1.66 bits per heavy atom. The van der Waals surface area contributed by atoms with Gasteiger partial charge in [-0.2, -0.15) is 0 Å². The number of rotatable bonds is 10. The van der Waals surface area contributed by atoms with E-state index in [1.165, 1.54) is 21.3 Å². The normalized spacial score (nSPS) is 10.2. The van der Waals surface area contributed by atoms with Crippen molar-refractivity contribution in [1.82, 2.24) is 0 Å². The lowest BCUT2D eigenvalue weighted by Gasteiger charge is -2.14. The Kier molecular flexibility index (Phi) is 8.29. The smallest absolute Gasteiger partial charge is 0.306 e. The van der Waals surface area contributed by atoms with Gasteiger partial charge in [0, 0.05) is 24.2 Å². The molecule has 0 unspecified atom stereocenters. The summed E-state index contributed by atoms with van der Waals surface area (Å²) in [6, 6.07) is 6.31. The fourth-order valence-corrected chi connectivity index (χ4v) is 3.38. The molecule has 0 saturated carbocycles. The molecular weight excluding hydrogens is 422 g/mol. The van der Waals surface area contributed by atoms with Gasteiger partial charge in [0.15, 0.2) is 23.9 Å². The Balaban J connectivity index is 1.84. The second-order valence-corrected chi connectivity index (χ2v) is 7.36. The molecule has 0 saturated heterocycles. The van der Waals surface area contributed by atoms with Crippen LogP contribution in [0.5, 0.6) is 17.2 Å². The third-order valence-corrected chi connectivity index (χ3v) is 4.99. The van der Waals surface area contributed by atoms with Crippen molar-refractivity contribution in [3.05, 3.63) is 33.5 Å². The number of nitrogens with one attached hydrogen (secondary N) is 1. The number of benzene rings is 1. The summed E-state index contributed by atoms with van der Waals surface area (Å²) in [5.41, 5.74) is 0.380. The number of anilines is 1. The number of carbonyl (C=O) groups excluding carboxylic acids is 3. The number of hydrogen-bond donors (Lipinski definition) is 1.